The molecule has 0 unspecified atom stereocenters. The Balaban J connectivity index is 1.42. The van der Waals surface area contributed by atoms with E-state index in [9.17, 15) is 9.18 Å². The fourth-order valence-corrected chi connectivity index (χ4v) is 5.38. The molecule has 1 aromatic carbocycles. The van der Waals surface area contributed by atoms with Gasteiger partial charge >= 0.3 is 0 Å². The van der Waals surface area contributed by atoms with Gasteiger partial charge in [-0.2, -0.15) is 0 Å². The molecule has 2 aromatic heterocycles. The van der Waals surface area contributed by atoms with Crippen molar-refractivity contribution in [2.45, 2.75) is 25.4 Å². The first kappa shape index (κ1) is 16.9. The zero-order valence-electron chi connectivity index (χ0n) is 15.0. The van der Waals surface area contributed by atoms with Gasteiger partial charge in [0.15, 0.2) is 0 Å². The van der Waals surface area contributed by atoms with Crippen molar-refractivity contribution in [1.82, 2.24) is 9.47 Å². The molecule has 3 nitrogen and oxygen atoms in total. The summed E-state index contributed by atoms with van der Waals surface area (Å²) in [5.41, 5.74) is 3.27. The van der Waals surface area contributed by atoms with Crippen LogP contribution in [0.5, 0.6) is 0 Å². The Hall–Kier alpha value is -2.24. The minimum atomic E-state index is -0.191. The molecule has 4 heterocycles. The highest BCUT2D eigenvalue weighted by molar-refractivity contribution is 7.13. The minimum absolute atomic E-state index is 0.150. The van der Waals surface area contributed by atoms with Crippen LogP contribution in [0.3, 0.4) is 0 Å². The number of hydrogen-bond acceptors (Lipinski definition) is 3. The second-order valence-corrected chi connectivity index (χ2v) is 8.63. The summed E-state index contributed by atoms with van der Waals surface area (Å²) >= 11 is 1.62. The highest BCUT2D eigenvalue weighted by Gasteiger charge is 2.35. The normalized spacial score (nSPS) is 21.8. The summed E-state index contributed by atoms with van der Waals surface area (Å²) in [6.45, 7) is 3.57. The van der Waals surface area contributed by atoms with E-state index < -0.39 is 0 Å². The first-order valence-electron chi connectivity index (χ1n) is 9.42. The summed E-state index contributed by atoms with van der Waals surface area (Å²) in [4.78, 5) is 16.6. The van der Waals surface area contributed by atoms with Gasteiger partial charge in [0.1, 0.15) is 5.82 Å². The molecule has 5 rings (SSSR count). The number of pyridine rings is 1. The molecule has 3 aromatic rings. The quantitative estimate of drug-likeness (QED) is 0.676. The van der Waals surface area contributed by atoms with E-state index in [0.29, 0.717) is 11.8 Å². The summed E-state index contributed by atoms with van der Waals surface area (Å²) in [6.07, 6.45) is 1.15. The van der Waals surface area contributed by atoms with Gasteiger partial charge < -0.3 is 4.57 Å². The van der Waals surface area contributed by atoms with Crippen molar-refractivity contribution in [3.63, 3.8) is 0 Å². The van der Waals surface area contributed by atoms with E-state index >= 15 is 0 Å². The maximum atomic E-state index is 13.1. The maximum absolute atomic E-state index is 13.1. The molecule has 2 aliphatic heterocycles. The Kier molecular flexibility index (Phi) is 4.21. The van der Waals surface area contributed by atoms with E-state index in [-0.39, 0.29) is 11.4 Å². The van der Waals surface area contributed by atoms with Gasteiger partial charge in [0, 0.05) is 42.7 Å². The topological polar surface area (TPSA) is 25.2 Å². The van der Waals surface area contributed by atoms with Gasteiger partial charge in [0.25, 0.3) is 5.56 Å². The smallest absolute Gasteiger partial charge is 0.259 e. The van der Waals surface area contributed by atoms with Crippen LogP contribution in [-0.4, -0.2) is 22.6 Å². The van der Waals surface area contributed by atoms with Gasteiger partial charge in [-0.25, -0.2) is 4.39 Å². The fourth-order valence-electron chi connectivity index (χ4n) is 4.64. The molecule has 1 fully saturated rings. The standard InChI is InChI=1S/C22H21FN2OS/c23-18-5-3-15(4-6-18)11-24-12-16-10-17(14-24)20-8-7-19(21-2-1-9-27-21)22(26)25(20)13-16/h1-9,16-17H,10-14H2/t16-,17-/m1/s1. The van der Waals surface area contributed by atoms with Gasteiger partial charge in [0.05, 0.1) is 5.56 Å². The van der Waals surface area contributed by atoms with Gasteiger partial charge in [-0.15, -0.1) is 11.3 Å². The number of rotatable bonds is 3. The molecule has 0 N–H and O–H groups in total. The summed E-state index contributed by atoms with van der Waals surface area (Å²) in [7, 11) is 0. The molecule has 0 spiro atoms. The number of halogens is 1. The summed E-state index contributed by atoms with van der Waals surface area (Å²) in [6, 6.07) is 14.9. The van der Waals surface area contributed by atoms with Crippen LogP contribution in [-0.2, 0) is 13.1 Å². The number of thiophene rings is 1. The number of hydrogen-bond donors (Lipinski definition) is 0. The molecule has 2 atom stereocenters. The molecule has 5 heteroatoms. The lowest BCUT2D eigenvalue weighted by Gasteiger charge is -2.43. The molecule has 0 amide bonds. The second-order valence-electron chi connectivity index (χ2n) is 7.68. The Labute approximate surface area is 161 Å². The number of likely N-dealkylation sites (tertiary alicyclic amines) is 1. The van der Waals surface area contributed by atoms with Crippen LogP contribution in [0.25, 0.3) is 10.4 Å². The molecule has 138 valence electrons. The van der Waals surface area contributed by atoms with Crippen molar-refractivity contribution in [1.29, 1.82) is 0 Å². The average molecular weight is 380 g/mol. The van der Waals surface area contributed by atoms with E-state index in [1.165, 1.54) is 17.8 Å². The lowest BCUT2D eigenvalue weighted by atomic mass is 9.82. The Morgan fingerprint density at radius 2 is 1.89 bits per heavy atom. The number of fused-ring (bicyclic) bond motifs is 4. The first-order chi connectivity index (χ1) is 13.2. The predicted molar refractivity (Wildman–Crippen MR) is 107 cm³/mol. The van der Waals surface area contributed by atoms with Crippen molar-refractivity contribution >= 4 is 11.3 Å². The van der Waals surface area contributed by atoms with Crippen molar-refractivity contribution in [3.8, 4) is 10.4 Å². The number of nitrogens with zero attached hydrogens (tertiary/aromatic N) is 2. The molecular weight excluding hydrogens is 359 g/mol. The fraction of sp³-hybridized carbons (Fsp3) is 0.318. The van der Waals surface area contributed by atoms with Crippen LogP contribution in [0.4, 0.5) is 4.39 Å². The third-order valence-corrected chi connectivity index (χ3v) is 6.69. The van der Waals surface area contributed by atoms with Crippen LogP contribution in [0, 0.1) is 11.7 Å². The average Bonchev–Trinajstić information content (AvgIpc) is 3.19. The highest BCUT2D eigenvalue weighted by atomic mass is 32.1. The molecule has 0 aliphatic carbocycles. The molecule has 27 heavy (non-hydrogen) atoms. The highest BCUT2D eigenvalue weighted by Crippen LogP contribution is 2.36. The van der Waals surface area contributed by atoms with E-state index in [0.717, 1.165) is 48.6 Å². The number of piperidine rings is 1. The summed E-state index contributed by atoms with van der Waals surface area (Å²) in [5, 5.41) is 2.01. The van der Waals surface area contributed by atoms with Crippen LogP contribution in [0.15, 0.2) is 58.7 Å². The molecule has 1 saturated heterocycles. The van der Waals surface area contributed by atoms with Crippen molar-refractivity contribution < 1.29 is 4.39 Å². The molecule has 2 aliphatic rings. The number of aromatic nitrogens is 1. The third-order valence-electron chi connectivity index (χ3n) is 5.79. The largest absolute Gasteiger partial charge is 0.311 e. The summed E-state index contributed by atoms with van der Waals surface area (Å²) in [5.74, 6) is 0.695. The maximum Gasteiger partial charge on any atom is 0.259 e. The molecule has 0 radical (unpaired) electrons. The van der Waals surface area contributed by atoms with Gasteiger partial charge in [-0.1, -0.05) is 18.2 Å². The van der Waals surface area contributed by atoms with E-state index in [2.05, 4.69) is 11.0 Å². The second kappa shape index (κ2) is 6.73. The molecule has 2 bridgehead atoms. The van der Waals surface area contributed by atoms with Gasteiger partial charge in [0.2, 0.25) is 0 Å². The van der Waals surface area contributed by atoms with Crippen molar-refractivity contribution in [2.75, 3.05) is 13.1 Å². The zero-order chi connectivity index (χ0) is 18.4. The lowest BCUT2D eigenvalue weighted by molar-refractivity contribution is 0.114. The van der Waals surface area contributed by atoms with Crippen LogP contribution < -0.4 is 5.56 Å². The monoisotopic (exact) mass is 380 g/mol. The Morgan fingerprint density at radius 1 is 1.04 bits per heavy atom. The molecular formula is C22H21FN2OS. The Bertz CT molecular complexity index is 1010. The van der Waals surface area contributed by atoms with Gasteiger partial charge in [-0.3, -0.25) is 9.69 Å². The zero-order valence-corrected chi connectivity index (χ0v) is 15.8. The van der Waals surface area contributed by atoms with Gasteiger partial charge in [-0.05, 0) is 53.6 Å². The van der Waals surface area contributed by atoms with Crippen molar-refractivity contribution in [2.24, 2.45) is 5.92 Å². The SMILES string of the molecule is O=c1c(-c2cccs2)ccc2n1C[C@@H]1C[C@@H]2CN(Cc2ccc(F)cc2)C1. The molecule has 0 saturated carbocycles. The van der Waals surface area contributed by atoms with Crippen LogP contribution in [0.2, 0.25) is 0 Å². The van der Waals surface area contributed by atoms with Crippen LogP contribution >= 0.6 is 11.3 Å². The van der Waals surface area contributed by atoms with Crippen molar-refractivity contribution in [3.05, 3.63) is 81.3 Å². The van der Waals surface area contributed by atoms with E-state index in [4.69, 9.17) is 0 Å². The predicted octanol–water partition coefficient (Wildman–Crippen LogP) is 4.34. The summed E-state index contributed by atoms with van der Waals surface area (Å²) < 4.78 is 15.2. The van der Waals surface area contributed by atoms with Crippen LogP contribution in [0.1, 0.15) is 23.6 Å². The van der Waals surface area contributed by atoms with E-state index in [1.807, 2.05) is 40.3 Å². The first-order valence-corrected chi connectivity index (χ1v) is 10.3. The third kappa shape index (κ3) is 3.15. The van der Waals surface area contributed by atoms with E-state index in [1.54, 1.807) is 11.3 Å². The lowest BCUT2D eigenvalue weighted by Crippen LogP contribution is -2.46. The Morgan fingerprint density at radius 3 is 2.67 bits per heavy atom. The minimum Gasteiger partial charge on any atom is -0.311 e. The number of benzene rings is 1.